The fourth-order valence-corrected chi connectivity index (χ4v) is 1.75. The van der Waals surface area contributed by atoms with E-state index in [4.69, 9.17) is 5.11 Å². The zero-order valence-electron chi connectivity index (χ0n) is 9.40. The van der Waals surface area contributed by atoms with Gasteiger partial charge in [0.25, 0.3) is 0 Å². The molecule has 0 amide bonds. The number of rotatable bonds is 5. The summed E-state index contributed by atoms with van der Waals surface area (Å²) in [4.78, 5) is 7.34. The fraction of sp³-hybridized carbons (Fsp3) is 0.417. The maximum Gasteiger partial charge on any atom is 0.137 e. The van der Waals surface area contributed by atoms with E-state index in [1.807, 2.05) is 24.5 Å². The van der Waals surface area contributed by atoms with E-state index >= 15 is 0 Å². The van der Waals surface area contributed by atoms with E-state index in [0.717, 1.165) is 24.0 Å². The van der Waals surface area contributed by atoms with Crippen molar-refractivity contribution >= 4 is 11.0 Å². The van der Waals surface area contributed by atoms with Crippen LogP contribution in [0.2, 0.25) is 0 Å². The van der Waals surface area contributed by atoms with Gasteiger partial charge in [0.1, 0.15) is 5.65 Å². The molecule has 2 heterocycles. The molecule has 0 aliphatic rings. The maximum atomic E-state index is 8.82. The van der Waals surface area contributed by atoms with E-state index in [-0.39, 0.29) is 6.61 Å². The van der Waals surface area contributed by atoms with Crippen molar-refractivity contribution in [2.24, 2.45) is 0 Å². The topological polar surface area (TPSA) is 60.9 Å². The van der Waals surface area contributed by atoms with E-state index in [9.17, 15) is 0 Å². The second kappa shape index (κ2) is 5.09. The summed E-state index contributed by atoms with van der Waals surface area (Å²) in [6.07, 6.45) is 4.49. The lowest BCUT2D eigenvalue weighted by Gasteiger charge is -2.12. The van der Waals surface area contributed by atoms with Crippen LogP contribution in [0.5, 0.6) is 0 Å². The van der Waals surface area contributed by atoms with Crippen molar-refractivity contribution in [3.05, 3.63) is 30.1 Å². The molecule has 0 bridgehead atoms. The van der Waals surface area contributed by atoms with Crippen LogP contribution in [-0.2, 0) is 6.54 Å². The van der Waals surface area contributed by atoms with Crippen molar-refractivity contribution in [1.82, 2.24) is 15.3 Å². The summed E-state index contributed by atoms with van der Waals surface area (Å²) < 4.78 is 0. The molecule has 4 nitrogen and oxygen atoms in total. The van der Waals surface area contributed by atoms with E-state index in [0.29, 0.717) is 6.04 Å². The van der Waals surface area contributed by atoms with Crippen LogP contribution in [0, 0.1) is 0 Å². The fourth-order valence-electron chi connectivity index (χ4n) is 1.75. The molecular formula is C12H17N3O. The molecule has 2 rings (SSSR count). The molecule has 0 saturated heterocycles. The molecule has 0 spiro atoms. The van der Waals surface area contributed by atoms with Crippen molar-refractivity contribution in [2.75, 3.05) is 6.61 Å². The number of nitrogens with zero attached hydrogens (tertiary/aromatic N) is 1. The van der Waals surface area contributed by atoms with Gasteiger partial charge in [-0.1, -0.05) is 0 Å². The van der Waals surface area contributed by atoms with Gasteiger partial charge in [-0.3, -0.25) is 0 Å². The summed E-state index contributed by atoms with van der Waals surface area (Å²) in [6.45, 7) is 3.11. The van der Waals surface area contributed by atoms with Gasteiger partial charge >= 0.3 is 0 Å². The van der Waals surface area contributed by atoms with E-state index in [1.54, 1.807) is 0 Å². The van der Waals surface area contributed by atoms with Gasteiger partial charge in [0, 0.05) is 37.0 Å². The average Bonchev–Trinajstić information content (AvgIpc) is 2.75. The molecule has 4 heteroatoms. The molecule has 0 aliphatic heterocycles. The Morgan fingerprint density at radius 1 is 1.50 bits per heavy atom. The number of hydrogen-bond donors (Lipinski definition) is 3. The molecule has 0 aromatic carbocycles. The number of aliphatic hydroxyl groups excluding tert-OH is 1. The molecule has 2 aromatic heterocycles. The molecule has 0 radical (unpaired) electrons. The zero-order chi connectivity index (χ0) is 11.4. The van der Waals surface area contributed by atoms with E-state index in [1.165, 1.54) is 5.56 Å². The van der Waals surface area contributed by atoms with Crippen molar-refractivity contribution in [1.29, 1.82) is 0 Å². The second-order valence-electron chi connectivity index (χ2n) is 4.00. The van der Waals surface area contributed by atoms with Crippen LogP contribution in [0.4, 0.5) is 0 Å². The predicted octanol–water partition coefficient (Wildman–Crippen LogP) is 1.42. The lowest BCUT2D eigenvalue weighted by atomic mass is 10.1. The summed E-state index contributed by atoms with van der Waals surface area (Å²) in [7, 11) is 0. The number of aliphatic hydroxyl groups is 1. The summed E-state index contributed by atoms with van der Waals surface area (Å²) in [6, 6.07) is 4.39. The zero-order valence-corrected chi connectivity index (χ0v) is 9.40. The number of nitrogens with one attached hydrogen (secondary N) is 2. The van der Waals surface area contributed by atoms with E-state index < -0.39 is 0 Å². The number of aromatic amines is 1. The Hall–Kier alpha value is -1.39. The average molecular weight is 219 g/mol. The third kappa shape index (κ3) is 2.40. The van der Waals surface area contributed by atoms with E-state index in [2.05, 4.69) is 22.2 Å². The molecule has 2 aromatic rings. The summed E-state index contributed by atoms with van der Waals surface area (Å²) >= 11 is 0. The van der Waals surface area contributed by atoms with Crippen molar-refractivity contribution in [3.63, 3.8) is 0 Å². The van der Waals surface area contributed by atoms with Crippen LogP contribution in [0.3, 0.4) is 0 Å². The monoisotopic (exact) mass is 219 g/mol. The van der Waals surface area contributed by atoms with Gasteiger partial charge in [-0.25, -0.2) is 4.98 Å². The van der Waals surface area contributed by atoms with Crippen LogP contribution < -0.4 is 5.32 Å². The molecule has 1 atom stereocenters. The van der Waals surface area contributed by atoms with Gasteiger partial charge in [0.05, 0.1) is 0 Å². The van der Waals surface area contributed by atoms with Gasteiger partial charge < -0.3 is 15.4 Å². The summed E-state index contributed by atoms with van der Waals surface area (Å²) in [5.41, 5.74) is 2.16. The predicted molar refractivity (Wildman–Crippen MR) is 64.1 cm³/mol. The van der Waals surface area contributed by atoms with Crippen LogP contribution in [0.25, 0.3) is 11.0 Å². The molecule has 16 heavy (non-hydrogen) atoms. The van der Waals surface area contributed by atoms with Crippen molar-refractivity contribution in [3.8, 4) is 0 Å². The van der Waals surface area contributed by atoms with Gasteiger partial charge in [-0.2, -0.15) is 0 Å². The number of H-pyrrole nitrogens is 1. The minimum absolute atomic E-state index is 0.226. The van der Waals surface area contributed by atoms with Gasteiger partial charge in [0.15, 0.2) is 0 Å². The Bertz CT molecular complexity index is 452. The number of pyridine rings is 1. The van der Waals surface area contributed by atoms with Crippen LogP contribution in [0.1, 0.15) is 18.9 Å². The highest BCUT2D eigenvalue weighted by molar-refractivity contribution is 5.79. The molecule has 0 aliphatic carbocycles. The summed E-state index contributed by atoms with van der Waals surface area (Å²) in [5.74, 6) is 0. The molecular weight excluding hydrogens is 202 g/mol. The number of hydrogen-bond acceptors (Lipinski definition) is 3. The molecule has 3 N–H and O–H groups in total. The highest BCUT2D eigenvalue weighted by atomic mass is 16.3. The highest BCUT2D eigenvalue weighted by Crippen LogP contribution is 2.14. The first-order valence-electron chi connectivity index (χ1n) is 5.56. The first-order valence-corrected chi connectivity index (χ1v) is 5.56. The highest BCUT2D eigenvalue weighted by Gasteiger charge is 2.04. The lowest BCUT2D eigenvalue weighted by molar-refractivity contribution is 0.269. The first-order chi connectivity index (χ1) is 7.81. The third-order valence-electron chi connectivity index (χ3n) is 2.75. The molecule has 0 fully saturated rings. The van der Waals surface area contributed by atoms with Crippen LogP contribution in [0.15, 0.2) is 24.5 Å². The largest absolute Gasteiger partial charge is 0.396 e. The minimum atomic E-state index is 0.226. The lowest BCUT2D eigenvalue weighted by Crippen LogP contribution is -2.26. The third-order valence-corrected chi connectivity index (χ3v) is 2.75. The van der Waals surface area contributed by atoms with Gasteiger partial charge in [-0.05, 0) is 31.0 Å². The Morgan fingerprint density at radius 3 is 3.19 bits per heavy atom. The molecule has 0 saturated carbocycles. The van der Waals surface area contributed by atoms with Crippen molar-refractivity contribution in [2.45, 2.75) is 25.9 Å². The Morgan fingerprint density at radius 2 is 2.38 bits per heavy atom. The first kappa shape index (κ1) is 11.1. The molecule has 0 unspecified atom stereocenters. The normalized spacial score (nSPS) is 13.1. The van der Waals surface area contributed by atoms with Crippen molar-refractivity contribution < 1.29 is 5.11 Å². The summed E-state index contributed by atoms with van der Waals surface area (Å²) in [5, 5.41) is 13.4. The second-order valence-corrected chi connectivity index (χ2v) is 4.00. The molecule has 86 valence electrons. The Kier molecular flexibility index (Phi) is 3.54. The quantitative estimate of drug-likeness (QED) is 0.712. The minimum Gasteiger partial charge on any atom is -0.396 e. The standard InChI is InChI=1S/C12H17N3O/c1-9(4-7-16)15-8-10-2-5-13-12-11(10)3-6-14-12/h2-3,5-6,9,15-16H,4,7-8H2,1H3,(H,13,14)/t9-/m0/s1. The van der Waals surface area contributed by atoms with Gasteiger partial charge in [0.2, 0.25) is 0 Å². The maximum absolute atomic E-state index is 8.82. The Balaban J connectivity index is 2.06. The smallest absolute Gasteiger partial charge is 0.137 e. The Labute approximate surface area is 94.7 Å². The SMILES string of the molecule is C[C@@H](CCO)NCc1ccnc2[nH]ccc12. The van der Waals surface area contributed by atoms with Crippen LogP contribution >= 0.6 is 0 Å². The van der Waals surface area contributed by atoms with Crippen LogP contribution in [-0.4, -0.2) is 27.7 Å². The number of fused-ring (bicyclic) bond motifs is 1. The number of aromatic nitrogens is 2. The van der Waals surface area contributed by atoms with Gasteiger partial charge in [-0.15, -0.1) is 0 Å².